The highest BCUT2D eigenvalue weighted by Crippen LogP contribution is 2.26. The van der Waals surface area contributed by atoms with Crippen LogP contribution in [0.3, 0.4) is 0 Å². The summed E-state index contributed by atoms with van der Waals surface area (Å²) in [7, 11) is 0. The highest BCUT2D eigenvalue weighted by molar-refractivity contribution is 5.80. The largest absolute Gasteiger partial charge is 0.454 e. The van der Waals surface area contributed by atoms with E-state index in [1.807, 2.05) is 72.9 Å². The zero-order valence-electron chi connectivity index (χ0n) is 42.6. The number of allylic oxidation sites excluding steroid dienone is 19. The van der Waals surface area contributed by atoms with Crippen LogP contribution in [-0.4, -0.2) is 99.6 Å². The summed E-state index contributed by atoms with van der Waals surface area (Å²) in [6.07, 6.45) is 51.3. The molecule has 1 fully saturated rings. The van der Waals surface area contributed by atoms with Crippen molar-refractivity contribution in [2.24, 2.45) is 0 Å². The second-order valence-corrected chi connectivity index (χ2v) is 17.6. The Morgan fingerprint density at radius 2 is 1.10 bits per heavy atom. The fourth-order valence-corrected chi connectivity index (χ4v) is 7.26. The average Bonchev–Trinajstić information content (AvgIpc) is 3.34. The quantitative estimate of drug-likeness (QED) is 0.0150. The van der Waals surface area contributed by atoms with Crippen LogP contribution >= 0.6 is 0 Å². The molecule has 11 nitrogen and oxygen atoms in total. The molecule has 1 heterocycles. The molecule has 1 rings (SSSR count). The lowest BCUT2D eigenvalue weighted by atomic mass is 9.99. The van der Waals surface area contributed by atoms with Crippen LogP contribution in [0.2, 0.25) is 0 Å². The zero-order valence-corrected chi connectivity index (χ0v) is 42.6. The lowest BCUT2D eigenvalue weighted by Crippen LogP contribution is -2.61. The van der Waals surface area contributed by atoms with Crippen molar-refractivity contribution in [1.29, 1.82) is 0 Å². The predicted molar refractivity (Wildman–Crippen MR) is 282 cm³/mol. The molecule has 0 spiro atoms. The number of esters is 1. The van der Waals surface area contributed by atoms with Gasteiger partial charge in [-0.1, -0.05) is 206 Å². The monoisotopic (exact) mass is 964 g/mol. The molecule has 1 amide bonds. The maximum absolute atomic E-state index is 13.3. The third kappa shape index (κ3) is 34.1. The molecule has 0 aromatic heterocycles. The van der Waals surface area contributed by atoms with Crippen LogP contribution in [0.4, 0.5) is 0 Å². The van der Waals surface area contributed by atoms with Crippen molar-refractivity contribution < 1.29 is 49.3 Å². The van der Waals surface area contributed by atoms with E-state index in [-0.39, 0.29) is 19.4 Å². The van der Waals surface area contributed by atoms with Gasteiger partial charge in [-0.15, -0.1) is 0 Å². The number of aliphatic hydroxyl groups excluding tert-OH is 5. The Morgan fingerprint density at radius 3 is 1.70 bits per heavy atom. The van der Waals surface area contributed by atoms with Gasteiger partial charge in [0.15, 0.2) is 12.4 Å². The Labute approximate surface area is 417 Å². The smallest absolute Gasteiger partial charge is 0.306 e. The molecular weight excluding hydrogens is 871 g/mol. The molecular formula is C58H93NO10. The van der Waals surface area contributed by atoms with Gasteiger partial charge in [0.05, 0.1) is 25.4 Å². The SMILES string of the molecule is CC/C=C/C=C/C=C\C=C/C=C/CCC(O)C(=O)NC(COC1OC(CO)C(O)C(O)C1OC(=O)CCC/C=C\C/C=C\C/C=C\C/C=C\CCCCC)C(O)/C=C/CCCCCCCCCCC. The van der Waals surface area contributed by atoms with E-state index < -0.39 is 67.4 Å². The number of carbonyl (C=O) groups excluding carboxylic acids is 2. The summed E-state index contributed by atoms with van der Waals surface area (Å²) in [6, 6.07) is -1.08. The van der Waals surface area contributed by atoms with Crippen LogP contribution in [0.25, 0.3) is 0 Å². The fraction of sp³-hybridized carbons (Fsp3) is 0.621. The van der Waals surface area contributed by atoms with Crippen LogP contribution in [0.1, 0.15) is 168 Å². The van der Waals surface area contributed by atoms with Gasteiger partial charge < -0.3 is 45.1 Å². The van der Waals surface area contributed by atoms with Crippen molar-refractivity contribution in [1.82, 2.24) is 5.32 Å². The van der Waals surface area contributed by atoms with E-state index in [0.717, 1.165) is 57.8 Å². The topological polar surface area (TPSA) is 175 Å². The number of hydrogen-bond donors (Lipinski definition) is 6. The molecule has 1 aliphatic rings. The molecule has 0 bridgehead atoms. The molecule has 8 unspecified atom stereocenters. The first-order valence-corrected chi connectivity index (χ1v) is 26.4. The van der Waals surface area contributed by atoms with Crippen molar-refractivity contribution in [2.45, 2.75) is 217 Å². The molecule has 69 heavy (non-hydrogen) atoms. The molecule has 1 aliphatic heterocycles. The van der Waals surface area contributed by atoms with Gasteiger partial charge in [-0.2, -0.15) is 0 Å². The molecule has 0 aromatic rings. The maximum atomic E-state index is 13.3. The summed E-state index contributed by atoms with van der Waals surface area (Å²) in [6.45, 7) is 5.47. The van der Waals surface area contributed by atoms with Gasteiger partial charge in [0, 0.05) is 6.42 Å². The number of aliphatic hydroxyl groups is 5. The van der Waals surface area contributed by atoms with Crippen LogP contribution < -0.4 is 5.32 Å². The number of rotatable bonds is 41. The first kappa shape index (κ1) is 63.1. The first-order valence-electron chi connectivity index (χ1n) is 26.4. The highest BCUT2D eigenvalue weighted by atomic mass is 16.7. The predicted octanol–water partition coefficient (Wildman–Crippen LogP) is 11.2. The summed E-state index contributed by atoms with van der Waals surface area (Å²) >= 11 is 0. The van der Waals surface area contributed by atoms with Crippen molar-refractivity contribution in [2.75, 3.05) is 13.2 Å². The summed E-state index contributed by atoms with van der Waals surface area (Å²) in [5.74, 6) is -1.35. The van der Waals surface area contributed by atoms with Gasteiger partial charge in [0.25, 0.3) is 0 Å². The van der Waals surface area contributed by atoms with E-state index in [4.69, 9.17) is 14.2 Å². The second-order valence-electron chi connectivity index (χ2n) is 17.6. The van der Waals surface area contributed by atoms with E-state index in [9.17, 15) is 35.1 Å². The molecule has 0 aromatic carbocycles. The molecule has 0 saturated carbocycles. The second kappa shape index (κ2) is 45.2. The molecule has 8 atom stereocenters. The lowest BCUT2D eigenvalue weighted by Gasteiger charge is -2.41. The van der Waals surface area contributed by atoms with E-state index in [1.54, 1.807) is 6.08 Å². The number of hydrogen-bond acceptors (Lipinski definition) is 10. The Morgan fingerprint density at radius 1 is 0.594 bits per heavy atom. The van der Waals surface area contributed by atoms with E-state index >= 15 is 0 Å². The van der Waals surface area contributed by atoms with E-state index in [2.05, 4.69) is 68.6 Å². The number of nitrogens with one attached hydrogen (secondary N) is 1. The Kier molecular flexibility index (Phi) is 41.3. The minimum atomic E-state index is -1.65. The van der Waals surface area contributed by atoms with Crippen LogP contribution in [0.15, 0.2) is 122 Å². The molecule has 6 N–H and O–H groups in total. The van der Waals surface area contributed by atoms with Gasteiger partial charge in [0.1, 0.15) is 24.4 Å². The summed E-state index contributed by atoms with van der Waals surface area (Å²) < 4.78 is 17.4. The van der Waals surface area contributed by atoms with Gasteiger partial charge in [-0.3, -0.25) is 9.59 Å². The van der Waals surface area contributed by atoms with Crippen molar-refractivity contribution in [3.05, 3.63) is 122 Å². The first-order chi connectivity index (χ1) is 33.7. The van der Waals surface area contributed by atoms with Crippen molar-refractivity contribution in [3.8, 4) is 0 Å². The van der Waals surface area contributed by atoms with Gasteiger partial charge in [-0.25, -0.2) is 0 Å². The van der Waals surface area contributed by atoms with Crippen molar-refractivity contribution in [3.63, 3.8) is 0 Å². The average molecular weight is 964 g/mol. The normalized spacial score (nSPS) is 20.8. The van der Waals surface area contributed by atoms with Crippen LogP contribution in [-0.2, 0) is 23.8 Å². The summed E-state index contributed by atoms with van der Waals surface area (Å²) in [5, 5.41) is 56.4. The number of unbranched alkanes of at least 4 members (excludes halogenated alkanes) is 13. The van der Waals surface area contributed by atoms with Gasteiger partial charge in [0.2, 0.25) is 5.91 Å². The Hall–Kier alpha value is -3.94. The number of amides is 1. The number of carbonyl (C=O) groups is 2. The molecule has 390 valence electrons. The van der Waals surface area contributed by atoms with Crippen LogP contribution in [0, 0.1) is 0 Å². The van der Waals surface area contributed by atoms with Gasteiger partial charge >= 0.3 is 5.97 Å². The molecule has 11 heteroatoms. The minimum Gasteiger partial charge on any atom is -0.454 e. The molecule has 0 radical (unpaired) electrons. The lowest BCUT2D eigenvalue weighted by molar-refractivity contribution is -0.305. The van der Waals surface area contributed by atoms with E-state index in [1.165, 1.54) is 57.8 Å². The van der Waals surface area contributed by atoms with Gasteiger partial charge in [-0.05, 0) is 77.0 Å². The Balaban J connectivity index is 2.85. The fourth-order valence-electron chi connectivity index (χ4n) is 7.26. The number of ether oxygens (including phenoxy) is 3. The standard InChI is InChI=1S/C58H93NO10/c1-4-7-10-13-16-19-22-24-25-26-27-28-31-34-37-40-43-46-53(63)69-56-55(65)54(64)52(47-60)68-58(56)67-48-49(50(61)44-41-38-35-32-29-21-18-15-12-9-6-3)59-57(66)51(62)45-42-39-36-33-30-23-20-17-14-11-8-5-2/h8,11,14,16-17,19-20,23-25,27-28,30,33-34,36-37,39,41,44,49-52,54-56,58,60-62,64-65H,4-7,9-10,12-13,15,18,21-22,26,29,31-32,35,38,40,42-43,45-48H2,1-3H3,(H,59,66)/b11-8+,17-14+,19-16-,23-20-,25-24-,28-27-,33-30-,37-34-,39-36+,44-41+. The Bertz CT molecular complexity index is 1570. The van der Waals surface area contributed by atoms with Crippen LogP contribution in [0.5, 0.6) is 0 Å². The summed E-state index contributed by atoms with van der Waals surface area (Å²) in [5.41, 5.74) is 0. The van der Waals surface area contributed by atoms with E-state index in [0.29, 0.717) is 19.3 Å². The van der Waals surface area contributed by atoms with Crippen molar-refractivity contribution >= 4 is 11.9 Å². The minimum absolute atomic E-state index is 0.0316. The zero-order chi connectivity index (χ0) is 50.4. The highest BCUT2D eigenvalue weighted by Gasteiger charge is 2.47. The third-order valence-corrected chi connectivity index (χ3v) is 11.5. The molecule has 1 saturated heterocycles. The molecule has 0 aliphatic carbocycles. The third-order valence-electron chi connectivity index (χ3n) is 11.5. The summed E-state index contributed by atoms with van der Waals surface area (Å²) in [4.78, 5) is 26.3. The maximum Gasteiger partial charge on any atom is 0.306 e.